The van der Waals surface area contributed by atoms with Crippen molar-refractivity contribution in [3.05, 3.63) is 224 Å². The highest BCUT2D eigenvalue weighted by molar-refractivity contribution is 6.00. The molecule has 1 heteroatoms. The van der Waals surface area contributed by atoms with E-state index in [-0.39, 0.29) is 0 Å². The molecule has 0 fully saturated rings. The summed E-state index contributed by atoms with van der Waals surface area (Å²) in [4.78, 5) is 2.35. The highest BCUT2D eigenvalue weighted by Gasteiger charge is 2.16. The van der Waals surface area contributed by atoms with Crippen molar-refractivity contribution >= 4 is 27.8 Å². The normalized spacial score (nSPS) is 11.0. The number of fused-ring (bicyclic) bond motifs is 1. The third-order valence-corrected chi connectivity index (χ3v) is 10.1. The van der Waals surface area contributed by atoms with Crippen LogP contribution in [0, 0.1) is 0 Å². The molecule has 0 radical (unpaired) electrons. The maximum Gasteiger partial charge on any atom is 0.0462 e. The van der Waals surface area contributed by atoms with Gasteiger partial charge in [-0.3, -0.25) is 0 Å². The lowest BCUT2D eigenvalue weighted by atomic mass is 9.91. The molecular formula is C52H37N. The quantitative estimate of drug-likeness (QED) is 0.155. The van der Waals surface area contributed by atoms with E-state index in [1.165, 1.54) is 66.4 Å². The van der Waals surface area contributed by atoms with E-state index < -0.39 is 0 Å². The van der Waals surface area contributed by atoms with Crippen molar-refractivity contribution in [1.82, 2.24) is 0 Å². The van der Waals surface area contributed by atoms with Crippen molar-refractivity contribution in [2.75, 3.05) is 4.90 Å². The zero-order valence-electron chi connectivity index (χ0n) is 29.3. The minimum absolute atomic E-state index is 1.10. The molecule has 0 amide bonds. The minimum Gasteiger partial charge on any atom is -0.311 e. The van der Waals surface area contributed by atoms with Crippen LogP contribution in [-0.2, 0) is 0 Å². The molecule has 0 aromatic heterocycles. The van der Waals surface area contributed by atoms with Gasteiger partial charge in [-0.2, -0.15) is 0 Å². The monoisotopic (exact) mass is 675 g/mol. The second-order valence-corrected chi connectivity index (χ2v) is 13.3. The van der Waals surface area contributed by atoms with E-state index in [0.29, 0.717) is 0 Å². The molecule has 0 aliphatic carbocycles. The lowest BCUT2D eigenvalue weighted by molar-refractivity contribution is 1.28. The lowest BCUT2D eigenvalue weighted by Gasteiger charge is -2.26. The first-order chi connectivity index (χ1) is 26.3. The smallest absolute Gasteiger partial charge is 0.0462 e. The molecule has 9 aromatic carbocycles. The topological polar surface area (TPSA) is 3.24 Å². The van der Waals surface area contributed by atoms with Crippen LogP contribution in [0.1, 0.15) is 0 Å². The number of nitrogens with zero attached hydrogens (tertiary/aromatic N) is 1. The maximum atomic E-state index is 2.35. The molecule has 0 unspecified atom stereocenters. The van der Waals surface area contributed by atoms with Crippen LogP contribution in [0.15, 0.2) is 224 Å². The summed E-state index contributed by atoms with van der Waals surface area (Å²) < 4.78 is 0. The van der Waals surface area contributed by atoms with Crippen LogP contribution >= 0.6 is 0 Å². The fourth-order valence-electron chi connectivity index (χ4n) is 7.50. The summed E-state index contributed by atoms with van der Waals surface area (Å²) >= 11 is 0. The van der Waals surface area contributed by atoms with E-state index >= 15 is 0 Å². The number of rotatable bonds is 8. The summed E-state index contributed by atoms with van der Waals surface area (Å²) in [5.74, 6) is 0. The fraction of sp³-hybridized carbons (Fsp3) is 0. The molecule has 250 valence electrons. The molecular weight excluding hydrogens is 639 g/mol. The summed E-state index contributed by atoms with van der Waals surface area (Å²) in [5, 5.41) is 2.51. The van der Waals surface area contributed by atoms with Gasteiger partial charge in [-0.05, 0) is 103 Å². The van der Waals surface area contributed by atoms with E-state index in [2.05, 4.69) is 229 Å². The average Bonchev–Trinajstić information content (AvgIpc) is 3.25. The predicted molar refractivity (Wildman–Crippen MR) is 226 cm³/mol. The molecule has 53 heavy (non-hydrogen) atoms. The molecule has 0 atom stereocenters. The summed E-state index contributed by atoms with van der Waals surface area (Å²) in [5.41, 5.74) is 15.4. The van der Waals surface area contributed by atoms with E-state index in [4.69, 9.17) is 0 Å². The van der Waals surface area contributed by atoms with Gasteiger partial charge in [0.2, 0.25) is 0 Å². The first kappa shape index (κ1) is 32.0. The van der Waals surface area contributed by atoms with Gasteiger partial charge < -0.3 is 4.90 Å². The summed E-state index contributed by atoms with van der Waals surface area (Å²) in [6.07, 6.45) is 0. The van der Waals surface area contributed by atoms with E-state index in [1.54, 1.807) is 0 Å². The average molecular weight is 676 g/mol. The largest absolute Gasteiger partial charge is 0.311 e. The van der Waals surface area contributed by atoms with Gasteiger partial charge in [-0.25, -0.2) is 0 Å². The fourth-order valence-corrected chi connectivity index (χ4v) is 7.50. The lowest BCUT2D eigenvalue weighted by Crippen LogP contribution is -2.09. The zero-order valence-corrected chi connectivity index (χ0v) is 29.3. The molecule has 1 nitrogen and oxygen atoms in total. The highest BCUT2D eigenvalue weighted by Crippen LogP contribution is 2.41. The van der Waals surface area contributed by atoms with Crippen LogP contribution in [0.3, 0.4) is 0 Å². The molecule has 0 spiro atoms. The van der Waals surface area contributed by atoms with Crippen LogP contribution in [-0.4, -0.2) is 0 Å². The summed E-state index contributed by atoms with van der Waals surface area (Å²) in [6, 6.07) is 80.7. The van der Waals surface area contributed by atoms with Crippen molar-refractivity contribution in [2.24, 2.45) is 0 Å². The summed E-state index contributed by atoms with van der Waals surface area (Å²) in [6.45, 7) is 0. The first-order valence-corrected chi connectivity index (χ1v) is 18.2. The van der Waals surface area contributed by atoms with Gasteiger partial charge in [-0.1, -0.05) is 188 Å². The summed E-state index contributed by atoms with van der Waals surface area (Å²) in [7, 11) is 0. The highest BCUT2D eigenvalue weighted by atomic mass is 15.1. The number of anilines is 3. The molecule has 0 heterocycles. The Hall–Kier alpha value is -6.96. The molecule has 0 N–H and O–H groups in total. The molecule has 0 aliphatic rings. The van der Waals surface area contributed by atoms with Crippen molar-refractivity contribution in [3.8, 4) is 55.6 Å². The van der Waals surface area contributed by atoms with Crippen LogP contribution in [0.25, 0.3) is 66.4 Å². The van der Waals surface area contributed by atoms with Crippen LogP contribution < -0.4 is 4.90 Å². The van der Waals surface area contributed by atoms with Crippen molar-refractivity contribution in [2.45, 2.75) is 0 Å². The van der Waals surface area contributed by atoms with Crippen molar-refractivity contribution < 1.29 is 0 Å². The molecule has 0 aliphatic heterocycles. The number of hydrogen-bond acceptors (Lipinski definition) is 1. The Kier molecular flexibility index (Phi) is 8.66. The molecule has 9 aromatic rings. The third kappa shape index (κ3) is 6.42. The van der Waals surface area contributed by atoms with Gasteiger partial charge in [0.25, 0.3) is 0 Å². The Bertz CT molecular complexity index is 2620. The molecule has 0 saturated carbocycles. The molecule has 0 bridgehead atoms. The van der Waals surface area contributed by atoms with E-state index in [1.807, 2.05) is 0 Å². The van der Waals surface area contributed by atoms with Gasteiger partial charge in [0.15, 0.2) is 0 Å². The third-order valence-electron chi connectivity index (χ3n) is 10.1. The Morgan fingerprint density at radius 2 is 0.547 bits per heavy atom. The van der Waals surface area contributed by atoms with Gasteiger partial charge in [0.1, 0.15) is 0 Å². The Morgan fingerprint density at radius 1 is 0.208 bits per heavy atom. The van der Waals surface area contributed by atoms with Crippen molar-refractivity contribution in [3.63, 3.8) is 0 Å². The second-order valence-electron chi connectivity index (χ2n) is 13.3. The van der Waals surface area contributed by atoms with Gasteiger partial charge in [-0.15, -0.1) is 0 Å². The second kappa shape index (κ2) is 14.3. The SMILES string of the molecule is c1ccc(-c2ccc(N(c3ccc(-c4ccccc4-c4ccccc4)cc3)c3ccc(-c4ccccc4-c4cccc5ccccc45)cc3)cc2)cc1. The predicted octanol–water partition coefficient (Wildman–Crippen LogP) is 14.6. The van der Waals surface area contributed by atoms with Crippen LogP contribution in [0.4, 0.5) is 17.1 Å². The minimum atomic E-state index is 1.10. The van der Waals surface area contributed by atoms with Crippen LogP contribution in [0.2, 0.25) is 0 Å². The Balaban J connectivity index is 1.11. The zero-order chi connectivity index (χ0) is 35.4. The Labute approximate surface area is 311 Å². The number of benzene rings is 9. The molecule has 0 saturated heterocycles. The standard InChI is InChI=1S/C52H37N/c1-3-14-38(15-4-1)39-26-32-44(33-27-39)53(45-34-28-42(29-35-45)48-21-10-9-20-47(48)40-16-5-2-6-17-40)46-36-30-43(31-37-46)50-23-11-12-24-51(50)52-25-13-19-41-18-7-8-22-49(41)52/h1-37H. The first-order valence-electron chi connectivity index (χ1n) is 18.2. The van der Waals surface area contributed by atoms with Gasteiger partial charge in [0.05, 0.1) is 0 Å². The van der Waals surface area contributed by atoms with Crippen molar-refractivity contribution in [1.29, 1.82) is 0 Å². The number of hydrogen-bond donors (Lipinski definition) is 0. The van der Waals surface area contributed by atoms with Crippen LogP contribution in [0.5, 0.6) is 0 Å². The maximum absolute atomic E-state index is 2.35. The van der Waals surface area contributed by atoms with E-state index in [9.17, 15) is 0 Å². The van der Waals surface area contributed by atoms with Gasteiger partial charge in [0, 0.05) is 17.1 Å². The van der Waals surface area contributed by atoms with Gasteiger partial charge >= 0.3 is 0 Å². The Morgan fingerprint density at radius 3 is 1.09 bits per heavy atom. The van der Waals surface area contributed by atoms with E-state index in [0.717, 1.165) is 17.1 Å². The molecule has 9 rings (SSSR count).